The third-order valence-corrected chi connectivity index (χ3v) is 2.50. The summed E-state index contributed by atoms with van der Waals surface area (Å²) in [6.45, 7) is -1.44. The lowest BCUT2D eigenvalue weighted by molar-refractivity contribution is 0.0413. The van der Waals surface area contributed by atoms with Crippen LogP contribution in [0, 0.1) is 11.6 Å². The first-order chi connectivity index (χ1) is 8.05. The molecule has 6 heteroatoms. The Bertz CT molecular complexity index is 341. The van der Waals surface area contributed by atoms with Gasteiger partial charge in [-0.2, -0.15) is 0 Å². The SMILES string of the molecule is OCC(CO)(CO)NCc1cc(F)cc(F)c1. The molecule has 0 radical (unpaired) electrons. The van der Waals surface area contributed by atoms with Crippen LogP contribution in [-0.4, -0.2) is 40.7 Å². The number of rotatable bonds is 6. The molecule has 4 nitrogen and oxygen atoms in total. The van der Waals surface area contributed by atoms with Crippen LogP contribution in [-0.2, 0) is 6.54 Å². The van der Waals surface area contributed by atoms with Crippen LogP contribution in [0.4, 0.5) is 8.78 Å². The van der Waals surface area contributed by atoms with Crippen LogP contribution in [0.5, 0.6) is 0 Å². The molecule has 0 saturated heterocycles. The highest BCUT2D eigenvalue weighted by Crippen LogP contribution is 2.10. The minimum Gasteiger partial charge on any atom is -0.394 e. The molecule has 17 heavy (non-hydrogen) atoms. The zero-order valence-electron chi connectivity index (χ0n) is 9.16. The highest BCUT2D eigenvalue weighted by Gasteiger charge is 2.27. The average molecular weight is 247 g/mol. The second-order valence-corrected chi connectivity index (χ2v) is 3.89. The number of aliphatic hydroxyl groups excluding tert-OH is 3. The van der Waals surface area contributed by atoms with Gasteiger partial charge in [-0.15, -0.1) is 0 Å². The molecule has 0 aliphatic heterocycles. The summed E-state index contributed by atoms with van der Waals surface area (Å²) < 4.78 is 25.8. The minimum atomic E-state index is -1.26. The molecule has 0 heterocycles. The minimum absolute atomic E-state index is 0.0242. The third-order valence-electron chi connectivity index (χ3n) is 2.50. The molecule has 0 saturated carbocycles. The van der Waals surface area contributed by atoms with E-state index in [-0.39, 0.29) is 6.54 Å². The lowest BCUT2D eigenvalue weighted by Gasteiger charge is -2.28. The predicted molar refractivity (Wildman–Crippen MR) is 57.2 cm³/mol. The van der Waals surface area contributed by atoms with Gasteiger partial charge in [-0.25, -0.2) is 8.78 Å². The molecule has 0 fully saturated rings. The number of halogens is 2. The number of aliphatic hydroxyl groups is 3. The van der Waals surface area contributed by atoms with Gasteiger partial charge in [-0.1, -0.05) is 0 Å². The Morgan fingerprint density at radius 1 is 0.941 bits per heavy atom. The number of nitrogens with one attached hydrogen (secondary N) is 1. The highest BCUT2D eigenvalue weighted by molar-refractivity contribution is 5.18. The maximum atomic E-state index is 12.9. The molecule has 0 atom stereocenters. The monoisotopic (exact) mass is 247 g/mol. The molecule has 96 valence electrons. The molecular formula is C11H15F2NO3. The quantitative estimate of drug-likeness (QED) is 0.560. The Kier molecular flexibility index (Phi) is 4.95. The van der Waals surface area contributed by atoms with E-state index in [2.05, 4.69) is 5.32 Å². The summed E-state index contributed by atoms with van der Waals surface area (Å²) in [6.07, 6.45) is 0. The Hall–Kier alpha value is -1.08. The van der Waals surface area contributed by atoms with E-state index in [1.54, 1.807) is 0 Å². The van der Waals surface area contributed by atoms with E-state index in [0.717, 1.165) is 18.2 Å². The number of hydrogen-bond donors (Lipinski definition) is 4. The van der Waals surface area contributed by atoms with Crippen molar-refractivity contribution in [3.05, 3.63) is 35.4 Å². The molecule has 1 aromatic carbocycles. The van der Waals surface area contributed by atoms with E-state index in [4.69, 9.17) is 15.3 Å². The average Bonchev–Trinajstić information content (AvgIpc) is 2.30. The molecule has 1 aromatic rings. The van der Waals surface area contributed by atoms with Gasteiger partial charge in [0, 0.05) is 12.6 Å². The topological polar surface area (TPSA) is 72.7 Å². The molecule has 0 aliphatic carbocycles. The second-order valence-electron chi connectivity index (χ2n) is 3.89. The van der Waals surface area contributed by atoms with Crippen molar-refractivity contribution in [2.45, 2.75) is 12.1 Å². The molecule has 0 bridgehead atoms. The molecule has 0 aliphatic rings. The van der Waals surface area contributed by atoms with Gasteiger partial charge in [0.1, 0.15) is 11.6 Å². The van der Waals surface area contributed by atoms with Crippen LogP contribution >= 0.6 is 0 Å². The zero-order chi connectivity index (χ0) is 12.9. The molecule has 0 unspecified atom stereocenters. The molecule has 0 spiro atoms. The van der Waals surface area contributed by atoms with Crippen molar-refractivity contribution in [1.29, 1.82) is 0 Å². The summed E-state index contributed by atoms with van der Waals surface area (Å²) in [5.74, 6) is -1.41. The fraction of sp³-hybridized carbons (Fsp3) is 0.455. The molecule has 1 rings (SSSR count). The predicted octanol–water partition coefficient (Wildman–Crippen LogP) is -0.230. The summed E-state index contributed by atoms with van der Waals surface area (Å²) in [5.41, 5.74) is -0.940. The lowest BCUT2D eigenvalue weighted by atomic mass is 10.0. The molecular weight excluding hydrogens is 232 g/mol. The maximum Gasteiger partial charge on any atom is 0.126 e. The van der Waals surface area contributed by atoms with Gasteiger partial charge in [0.05, 0.1) is 25.4 Å². The summed E-state index contributed by atoms with van der Waals surface area (Å²) in [6, 6.07) is 3.01. The largest absolute Gasteiger partial charge is 0.394 e. The van der Waals surface area contributed by atoms with Crippen molar-refractivity contribution in [2.75, 3.05) is 19.8 Å². The smallest absolute Gasteiger partial charge is 0.126 e. The Morgan fingerprint density at radius 3 is 1.82 bits per heavy atom. The fourth-order valence-corrected chi connectivity index (χ4v) is 1.32. The highest BCUT2D eigenvalue weighted by atomic mass is 19.1. The normalized spacial score (nSPS) is 11.8. The summed E-state index contributed by atoms with van der Waals surface area (Å²) in [4.78, 5) is 0. The van der Waals surface area contributed by atoms with Crippen molar-refractivity contribution in [3.8, 4) is 0 Å². The van der Waals surface area contributed by atoms with Crippen molar-refractivity contribution in [1.82, 2.24) is 5.32 Å². The van der Waals surface area contributed by atoms with Crippen LogP contribution in [0.15, 0.2) is 18.2 Å². The zero-order valence-corrected chi connectivity index (χ0v) is 9.16. The van der Waals surface area contributed by atoms with Gasteiger partial charge in [0.25, 0.3) is 0 Å². The number of benzene rings is 1. The van der Waals surface area contributed by atoms with Gasteiger partial charge in [0.15, 0.2) is 0 Å². The van der Waals surface area contributed by atoms with E-state index in [0.29, 0.717) is 5.56 Å². The number of hydrogen-bond acceptors (Lipinski definition) is 4. The summed E-state index contributed by atoms with van der Waals surface area (Å²) >= 11 is 0. The van der Waals surface area contributed by atoms with E-state index >= 15 is 0 Å². The van der Waals surface area contributed by atoms with Gasteiger partial charge in [-0.05, 0) is 17.7 Å². The van der Waals surface area contributed by atoms with Crippen LogP contribution in [0.2, 0.25) is 0 Å². The van der Waals surface area contributed by atoms with Crippen LogP contribution in [0.25, 0.3) is 0 Å². The summed E-state index contributed by atoms with van der Waals surface area (Å²) in [5, 5.41) is 29.8. The Labute approximate surface area is 97.5 Å². The molecule has 4 N–H and O–H groups in total. The summed E-state index contributed by atoms with van der Waals surface area (Å²) in [7, 11) is 0. The maximum absolute atomic E-state index is 12.9. The van der Waals surface area contributed by atoms with E-state index < -0.39 is 37.0 Å². The van der Waals surface area contributed by atoms with Crippen molar-refractivity contribution >= 4 is 0 Å². The van der Waals surface area contributed by atoms with Crippen LogP contribution in [0.3, 0.4) is 0 Å². The van der Waals surface area contributed by atoms with E-state index in [9.17, 15) is 8.78 Å². The fourth-order valence-electron chi connectivity index (χ4n) is 1.32. The second kappa shape index (κ2) is 6.02. The third kappa shape index (κ3) is 3.71. The van der Waals surface area contributed by atoms with Crippen molar-refractivity contribution < 1.29 is 24.1 Å². The van der Waals surface area contributed by atoms with E-state index in [1.807, 2.05) is 0 Å². The van der Waals surface area contributed by atoms with Crippen LogP contribution < -0.4 is 5.32 Å². The van der Waals surface area contributed by atoms with Crippen molar-refractivity contribution in [2.24, 2.45) is 0 Å². The lowest BCUT2D eigenvalue weighted by Crippen LogP contribution is -2.54. The van der Waals surface area contributed by atoms with E-state index in [1.165, 1.54) is 0 Å². The first-order valence-electron chi connectivity index (χ1n) is 5.08. The first-order valence-corrected chi connectivity index (χ1v) is 5.08. The standard InChI is InChI=1S/C11H15F2NO3/c12-9-1-8(2-10(13)3-9)4-14-11(5-15,6-16)7-17/h1-3,14-17H,4-7H2. The van der Waals surface area contributed by atoms with Gasteiger partial charge >= 0.3 is 0 Å². The van der Waals surface area contributed by atoms with Gasteiger partial charge in [-0.3, -0.25) is 0 Å². The molecule has 0 aromatic heterocycles. The van der Waals surface area contributed by atoms with Crippen molar-refractivity contribution in [3.63, 3.8) is 0 Å². The Morgan fingerprint density at radius 2 is 1.41 bits per heavy atom. The van der Waals surface area contributed by atoms with Gasteiger partial charge < -0.3 is 20.6 Å². The molecule has 0 amide bonds. The first kappa shape index (κ1) is 14.0. The van der Waals surface area contributed by atoms with Gasteiger partial charge in [0.2, 0.25) is 0 Å². The van der Waals surface area contributed by atoms with Crippen LogP contribution in [0.1, 0.15) is 5.56 Å². The Balaban J connectivity index is 2.71.